The molecule has 6 nitrogen and oxygen atoms in total. The summed E-state index contributed by atoms with van der Waals surface area (Å²) in [5, 5.41) is 13.5. The van der Waals surface area contributed by atoms with Crippen LogP contribution >= 0.6 is 34.5 Å². The van der Waals surface area contributed by atoms with Crippen LogP contribution in [-0.2, 0) is 22.6 Å². The van der Waals surface area contributed by atoms with E-state index in [9.17, 15) is 14.7 Å². The monoisotopic (exact) mass is 469 g/mol. The molecule has 2 unspecified atom stereocenters. The van der Waals surface area contributed by atoms with Crippen LogP contribution in [0.2, 0.25) is 9.36 Å². The summed E-state index contributed by atoms with van der Waals surface area (Å²) in [4.78, 5) is 27.8. The van der Waals surface area contributed by atoms with Crippen molar-refractivity contribution in [2.75, 3.05) is 6.54 Å². The smallest absolute Gasteiger partial charge is 0.237 e. The van der Waals surface area contributed by atoms with Crippen molar-refractivity contribution in [1.29, 1.82) is 0 Å². The molecule has 162 valence electrons. The fraction of sp³-hybridized carbons (Fsp3) is 0.429. The van der Waals surface area contributed by atoms with Gasteiger partial charge >= 0.3 is 0 Å². The van der Waals surface area contributed by atoms with E-state index in [1.807, 2.05) is 17.0 Å². The van der Waals surface area contributed by atoms with Crippen molar-refractivity contribution in [2.45, 2.75) is 45.3 Å². The van der Waals surface area contributed by atoms with Crippen LogP contribution in [-0.4, -0.2) is 40.4 Å². The molecule has 0 bridgehead atoms. The van der Waals surface area contributed by atoms with Crippen LogP contribution in [0.25, 0.3) is 0 Å². The average Bonchev–Trinajstić information content (AvgIpc) is 3.29. The maximum atomic E-state index is 12.8. The summed E-state index contributed by atoms with van der Waals surface area (Å²) in [7, 11) is 0. The molecule has 1 aliphatic heterocycles. The first-order valence-corrected chi connectivity index (χ1v) is 11.3. The first-order valence-electron chi connectivity index (χ1n) is 9.70. The molecule has 0 saturated carbocycles. The second kappa shape index (κ2) is 9.56. The molecule has 1 aliphatic rings. The third-order valence-corrected chi connectivity index (χ3v) is 7.02. The fourth-order valence-corrected chi connectivity index (χ4v) is 5.47. The van der Waals surface area contributed by atoms with Gasteiger partial charge in [-0.15, -0.1) is 11.3 Å². The van der Waals surface area contributed by atoms with Gasteiger partial charge in [-0.3, -0.25) is 14.5 Å². The zero-order valence-corrected chi connectivity index (χ0v) is 19.2. The first kappa shape index (κ1) is 22.9. The molecule has 1 aromatic carbocycles. The minimum absolute atomic E-state index is 0.109. The number of halogens is 2. The van der Waals surface area contributed by atoms with E-state index in [-0.39, 0.29) is 24.1 Å². The lowest BCUT2D eigenvalue weighted by atomic mass is 10.0. The molecular weight excluding hydrogens is 445 g/mol. The third-order valence-electron chi connectivity index (χ3n) is 5.55. The molecule has 4 N–H and O–H groups in total. The fourth-order valence-electron chi connectivity index (χ4n) is 3.97. The zero-order chi connectivity index (χ0) is 22.0. The second-order valence-electron chi connectivity index (χ2n) is 7.75. The SMILES string of the molecule is Cc1cc(Cl)cc(CNC(=O)[C@H](C)N2CC(Cc3ccc(Cl)s3)CC2C(N)=O)c1O. The van der Waals surface area contributed by atoms with Gasteiger partial charge in [-0.2, -0.15) is 0 Å². The van der Waals surface area contributed by atoms with Gasteiger partial charge in [-0.1, -0.05) is 23.2 Å². The van der Waals surface area contributed by atoms with Crippen LogP contribution in [0.4, 0.5) is 0 Å². The number of aryl methyl sites for hydroxylation is 1. The number of primary amides is 1. The third kappa shape index (κ3) is 5.27. The maximum absolute atomic E-state index is 12.8. The molecule has 3 rings (SSSR count). The van der Waals surface area contributed by atoms with Crippen LogP contribution in [0.3, 0.4) is 0 Å². The van der Waals surface area contributed by atoms with Gasteiger partial charge in [-0.25, -0.2) is 0 Å². The number of nitrogens with zero attached hydrogens (tertiary/aromatic N) is 1. The van der Waals surface area contributed by atoms with E-state index in [0.29, 0.717) is 29.1 Å². The molecule has 1 aromatic heterocycles. The van der Waals surface area contributed by atoms with Crippen LogP contribution in [0, 0.1) is 12.8 Å². The van der Waals surface area contributed by atoms with Crippen LogP contribution in [0.5, 0.6) is 5.75 Å². The lowest BCUT2D eigenvalue weighted by Crippen LogP contribution is -2.51. The van der Waals surface area contributed by atoms with Crippen molar-refractivity contribution in [2.24, 2.45) is 11.7 Å². The largest absolute Gasteiger partial charge is 0.507 e. The van der Waals surface area contributed by atoms with E-state index < -0.39 is 18.0 Å². The topological polar surface area (TPSA) is 95.7 Å². The molecule has 1 fully saturated rings. The summed E-state index contributed by atoms with van der Waals surface area (Å²) in [6, 6.07) is 6.11. The molecule has 2 aromatic rings. The van der Waals surface area contributed by atoms with Gasteiger partial charge in [0.25, 0.3) is 0 Å². The summed E-state index contributed by atoms with van der Waals surface area (Å²) in [6.45, 7) is 4.25. The maximum Gasteiger partial charge on any atom is 0.237 e. The number of carbonyl (C=O) groups excluding carboxylic acids is 2. The van der Waals surface area contributed by atoms with Crippen LogP contribution < -0.4 is 11.1 Å². The number of phenolic OH excluding ortho intramolecular Hbond substituents is 1. The Morgan fingerprint density at radius 3 is 2.73 bits per heavy atom. The number of hydrogen-bond acceptors (Lipinski definition) is 5. The second-order valence-corrected chi connectivity index (χ2v) is 9.99. The summed E-state index contributed by atoms with van der Waals surface area (Å²) >= 11 is 13.6. The minimum atomic E-state index is -0.540. The molecule has 3 atom stereocenters. The average molecular weight is 470 g/mol. The Kier molecular flexibility index (Phi) is 7.29. The number of hydrogen-bond donors (Lipinski definition) is 3. The number of nitrogens with one attached hydrogen (secondary N) is 1. The molecule has 9 heteroatoms. The number of aromatic hydroxyl groups is 1. The Bertz CT molecular complexity index is 950. The van der Waals surface area contributed by atoms with Gasteiger partial charge in [0.05, 0.1) is 16.4 Å². The van der Waals surface area contributed by atoms with Gasteiger partial charge in [-0.05, 0) is 62.4 Å². The highest BCUT2D eigenvalue weighted by atomic mass is 35.5. The van der Waals surface area contributed by atoms with Crippen LogP contribution in [0.1, 0.15) is 29.3 Å². The van der Waals surface area contributed by atoms with Crippen molar-refractivity contribution < 1.29 is 14.7 Å². The number of thiophene rings is 1. The van der Waals surface area contributed by atoms with Crippen LogP contribution in [0.15, 0.2) is 24.3 Å². The van der Waals surface area contributed by atoms with Gasteiger partial charge in [0, 0.05) is 28.6 Å². The number of benzene rings is 1. The molecule has 2 amide bonds. The standard InChI is InChI=1S/C21H25Cl2N3O3S/c1-11-5-15(22)8-14(19(11)27)9-25-21(29)12(2)26-10-13(7-17(26)20(24)28)6-16-3-4-18(23)30-16/h3-5,8,12-13,17,27H,6-7,9-10H2,1-2H3,(H2,24,28)(H,25,29)/t12-,13?,17?/m0/s1. The summed E-state index contributed by atoms with van der Waals surface area (Å²) in [6.07, 6.45) is 1.40. The number of nitrogens with two attached hydrogens (primary N) is 1. The predicted molar refractivity (Wildman–Crippen MR) is 120 cm³/mol. The number of likely N-dealkylation sites (tertiary alicyclic amines) is 1. The molecule has 0 aliphatic carbocycles. The normalized spacial score (nSPS) is 20.3. The van der Waals surface area contributed by atoms with Crippen molar-refractivity contribution in [3.63, 3.8) is 0 Å². The highest BCUT2D eigenvalue weighted by molar-refractivity contribution is 7.16. The Morgan fingerprint density at radius 1 is 1.37 bits per heavy atom. The lowest BCUT2D eigenvalue weighted by Gasteiger charge is -2.28. The van der Waals surface area contributed by atoms with E-state index >= 15 is 0 Å². The Hall–Kier alpha value is -1.80. The van der Waals surface area contributed by atoms with Crippen molar-refractivity contribution in [3.05, 3.63) is 49.6 Å². The zero-order valence-electron chi connectivity index (χ0n) is 16.8. The molecule has 1 saturated heterocycles. The first-order chi connectivity index (χ1) is 14.2. The summed E-state index contributed by atoms with van der Waals surface area (Å²) < 4.78 is 0.735. The quantitative estimate of drug-likeness (QED) is 0.577. The Labute approximate surface area is 190 Å². The highest BCUT2D eigenvalue weighted by Gasteiger charge is 2.40. The van der Waals surface area contributed by atoms with E-state index in [2.05, 4.69) is 5.32 Å². The summed E-state index contributed by atoms with van der Waals surface area (Å²) in [5.74, 6) is -0.340. The molecule has 30 heavy (non-hydrogen) atoms. The molecule has 0 spiro atoms. The van der Waals surface area contributed by atoms with E-state index in [0.717, 1.165) is 15.6 Å². The highest BCUT2D eigenvalue weighted by Crippen LogP contribution is 2.31. The van der Waals surface area contributed by atoms with Gasteiger partial charge < -0.3 is 16.2 Å². The van der Waals surface area contributed by atoms with E-state index in [1.165, 1.54) is 11.3 Å². The molecule has 2 heterocycles. The van der Waals surface area contributed by atoms with Gasteiger partial charge in [0.1, 0.15) is 5.75 Å². The number of amides is 2. The number of rotatable bonds is 7. The van der Waals surface area contributed by atoms with Crippen molar-refractivity contribution in [1.82, 2.24) is 10.2 Å². The van der Waals surface area contributed by atoms with Crippen molar-refractivity contribution >= 4 is 46.4 Å². The number of phenols is 1. The number of carbonyl (C=O) groups is 2. The van der Waals surface area contributed by atoms with Crippen molar-refractivity contribution in [3.8, 4) is 5.75 Å². The molecular formula is C21H25Cl2N3O3S. The van der Waals surface area contributed by atoms with E-state index in [1.54, 1.807) is 26.0 Å². The van der Waals surface area contributed by atoms with Gasteiger partial charge in [0.15, 0.2) is 0 Å². The predicted octanol–water partition coefficient (Wildman–Crippen LogP) is 3.49. The Balaban J connectivity index is 1.65. The van der Waals surface area contributed by atoms with Gasteiger partial charge in [0.2, 0.25) is 11.8 Å². The van der Waals surface area contributed by atoms with E-state index in [4.69, 9.17) is 28.9 Å². The molecule has 0 radical (unpaired) electrons. The minimum Gasteiger partial charge on any atom is -0.507 e. The Morgan fingerprint density at radius 2 is 2.10 bits per heavy atom. The summed E-state index contributed by atoms with van der Waals surface area (Å²) in [5.41, 5.74) is 6.81. The lowest BCUT2D eigenvalue weighted by molar-refractivity contribution is -0.129.